The largest absolute Gasteiger partial charge is 0.370 e. The van der Waals surface area contributed by atoms with Crippen LogP contribution in [0.25, 0.3) is 0 Å². The van der Waals surface area contributed by atoms with Crippen LogP contribution < -0.4 is 11.1 Å². The van der Waals surface area contributed by atoms with Gasteiger partial charge in [0.05, 0.1) is 12.2 Å². The van der Waals surface area contributed by atoms with E-state index in [1.807, 2.05) is 13.8 Å². The molecule has 0 aliphatic heterocycles. The van der Waals surface area contributed by atoms with Crippen molar-refractivity contribution >= 4 is 29.9 Å². The molecule has 0 unspecified atom stereocenters. The fraction of sp³-hybridized carbons (Fsp3) is 0.600. The van der Waals surface area contributed by atoms with Crippen LogP contribution in [0.15, 0.2) is 9.52 Å². The topological polar surface area (TPSA) is 76.4 Å². The molecule has 1 heterocycles. The van der Waals surface area contributed by atoms with E-state index in [1.165, 1.54) is 12.8 Å². The Hall–Kier alpha value is -0.790. The molecular weight excluding hydrogens is 319 g/mol. The van der Waals surface area contributed by atoms with Crippen molar-refractivity contribution in [3.05, 3.63) is 17.0 Å². The maximum atomic E-state index is 5.72. The summed E-state index contributed by atoms with van der Waals surface area (Å²) in [5.74, 6) is 1.33. The van der Waals surface area contributed by atoms with Crippen molar-refractivity contribution in [2.75, 3.05) is 0 Å². The fourth-order valence-electron chi connectivity index (χ4n) is 1.37. The van der Waals surface area contributed by atoms with Crippen molar-refractivity contribution in [1.82, 2.24) is 10.5 Å². The number of nitrogens with one attached hydrogen (secondary N) is 1. The van der Waals surface area contributed by atoms with Crippen molar-refractivity contribution in [3.8, 4) is 0 Å². The van der Waals surface area contributed by atoms with E-state index in [0.717, 1.165) is 17.0 Å². The number of rotatable bonds is 3. The highest BCUT2D eigenvalue weighted by molar-refractivity contribution is 14.0. The number of aryl methyl sites for hydroxylation is 2. The molecule has 2 rings (SSSR count). The molecular formula is C10H17IN4O. The van der Waals surface area contributed by atoms with Crippen LogP contribution >= 0.6 is 24.0 Å². The van der Waals surface area contributed by atoms with Gasteiger partial charge in [-0.05, 0) is 26.7 Å². The van der Waals surface area contributed by atoms with E-state index in [-0.39, 0.29) is 24.0 Å². The molecule has 0 spiro atoms. The van der Waals surface area contributed by atoms with Crippen LogP contribution in [0, 0.1) is 13.8 Å². The number of aliphatic imine (C=N–C) groups is 1. The predicted octanol–water partition coefficient (Wildman–Crippen LogP) is 1.48. The third kappa shape index (κ3) is 3.36. The van der Waals surface area contributed by atoms with Gasteiger partial charge in [-0.15, -0.1) is 24.0 Å². The van der Waals surface area contributed by atoms with Crippen molar-refractivity contribution in [2.24, 2.45) is 10.7 Å². The minimum absolute atomic E-state index is 0. The van der Waals surface area contributed by atoms with E-state index < -0.39 is 0 Å². The quantitative estimate of drug-likeness (QED) is 0.498. The Morgan fingerprint density at radius 3 is 2.75 bits per heavy atom. The van der Waals surface area contributed by atoms with E-state index >= 15 is 0 Å². The fourth-order valence-corrected chi connectivity index (χ4v) is 1.37. The number of nitrogens with two attached hydrogens (primary N) is 1. The summed E-state index contributed by atoms with van der Waals surface area (Å²) in [7, 11) is 0. The van der Waals surface area contributed by atoms with Crippen LogP contribution in [0.1, 0.15) is 29.9 Å². The van der Waals surface area contributed by atoms with Gasteiger partial charge >= 0.3 is 0 Å². The van der Waals surface area contributed by atoms with Gasteiger partial charge < -0.3 is 15.6 Å². The van der Waals surface area contributed by atoms with Crippen molar-refractivity contribution < 1.29 is 4.52 Å². The third-order valence-electron chi connectivity index (χ3n) is 2.52. The van der Waals surface area contributed by atoms with Crippen LogP contribution in [0.4, 0.5) is 0 Å². The number of nitrogens with zero attached hydrogens (tertiary/aromatic N) is 2. The van der Waals surface area contributed by atoms with Gasteiger partial charge in [0.2, 0.25) is 0 Å². The first kappa shape index (κ1) is 13.3. The first-order valence-corrected chi connectivity index (χ1v) is 5.15. The van der Waals surface area contributed by atoms with Gasteiger partial charge in [-0.25, -0.2) is 4.99 Å². The molecule has 1 aromatic heterocycles. The maximum Gasteiger partial charge on any atom is 0.189 e. The monoisotopic (exact) mass is 336 g/mol. The summed E-state index contributed by atoms with van der Waals surface area (Å²) >= 11 is 0. The lowest BCUT2D eigenvalue weighted by Crippen LogP contribution is -2.33. The molecule has 0 amide bonds. The van der Waals surface area contributed by atoms with Crippen LogP contribution in [-0.4, -0.2) is 17.2 Å². The Balaban J connectivity index is 0.00000128. The van der Waals surface area contributed by atoms with E-state index in [0.29, 0.717) is 18.5 Å². The molecule has 1 fully saturated rings. The molecule has 3 N–H and O–H groups in total. The highest BCUT2D eigenvalue weighted by Crippen LogP contribution is 2.18. The lowest BCUT2D eigenvalue weighted by Gasteiger charge is -2.02. The molecule has 6 heteroatoms. The Bertz CT molecular complexity index is 365. The molecule has 1 aliphatic rings. The molecule has 16 heavy (non-hydrogen) atoms. The number of hydrogen-bond donors (Lipinski definition) is 2. The van der Waals surface area contributed by atoms with Crippen molar-refractivity contribution in [1.29, 1.82) is 0 Å². The summed E-state index contributed by atoms with van der Waals surface area (Å²) in [6, 6.07) is 0.540. The third-order valence-corrected chi connectivity index (χ3v) is 2.52. The van der Waals surface area contributed by atoms with Crippen molar-refractivity contribution in [2.45, 2.75) is 39.3 Å². The van der Waals surface area contributed by atoms with E-state index in [1.54, 1.807) is 0 Å². The Morgan fingerprint density at radius 2 is 2.25 bits per heavy atom. The summed E-state index contributed by atoms with van der Waals surface area (Å²) in [4.78, 5) is 4.25. The van der Waals surface area contributed by atoms with E-state index in [4.69, 9.17) is 10.3 Å². The number of guanidine groups is 1. The van der Waals surface area contributed by atoms with Gasteiger partial charge in [-0.1, -0.05) is 5.16 Å². The minimum Gasteiger partial charge on any atom is -0.370 e. The Labute approximate surface area is 112 Å². The second-order valence-electron chi connectivity index (χ2n) is 3.92. The molecule has 1 saturated carbocycles. The molecule has 0 saturated heterocycles. The lowest BCUT2D eigenvalue weighted by atomic mass is 10.2. The smallest absolute Gasteiger partial charge is 0.189 e. The van der Waals surface area contributed by atoms with Gasteiger partial charge in [0.25, 0.3) is 0 Å². The first-order chi connectivity index (χ1) is 7.16. The van der Waals surface area contributed by atoms with E-state index in [2.05, 4.69) is 15.5 Å². The van der Waals surface area contributed by atoms with Gasteiger partial charge in [0.15, 0.2) is 5.96 Å². The van der Waals surface area contributed by atoms with Crippen LogP contribution in [-0.2, 0) is 6.54 Å². The average Bonchev–Trinajstić information content (AvgIpc) is 2.93. The zero-order valence-corrected chi connectivity index (χ0v) is 11.8. The zero-order chi connectivity index (χ0) is 10.8. The molecule has 0 aromatic carbocycles. The Morgan fingerprint density at radius 1 is 1.56 bits per heavy atom. The SMILES string of the molecule is Cc1noc(C)c1CN=C(N)NC1CC1.I. The molecule has 0 radical (unpaired) electrons. The average molecular weight is 336 g/mol. The van der Waals surface area contributed by atoms with Crippen molar-refractivity contribution in [3.63, 3.8) is 0 Å². The molecule has 5 nitrogen and oxygen atoms in total. The minimum atomic E-state index is 0. The van der Waals surface area contributed by atoms with Crippen LogP contribution in [0.3, 0.4) is 0 Å². The standard InChI is InChI=1S/C10H16N4O.HI/c1-6-9(7(2)15-14-6)5-12-10(11)13-8-3-4-8;/h8H,3-5H2,1-2H3,(H3,11,12,13);1H. The molecule has 90 valence electrons. The van der Waals surface area contributed by atoms with Gasteiger partial charge in [0, 0.05) is 11.6 Å². The number of halogens is 1. The lowest BCUT2D eigenvalue weighted by molar-refractivity contribution is 0.392. The normalized spacial score (nSPS) is 15.8. The second-order valence-corrected chi connectivity index (χ2v) is 3.92. The van der Waals surface area contributed by atoms with Gasteiger partial charge in [-0.3, -0.25) is 0 Å². The summed E-state index contributed by atoms with van der Waals surface area (Å²) in [6.45, 7) is 4.33. The maximum absolute atomic E-state index is 5.72. The summed E-state index contributed by atoms with van der Waals surface area (Å²) in [6.07, 6.45) is 2.39. The molecule has 1 aliphatic carbocycles. The molecule has 0 bridgehead atoms. The van der Waals surface area contributed by atoms with Gasteiger partial charge in [-0.2, -0.15) is 0 Å². The summed E-state index contributed by atoms with van der Waals surface area (Å²) in [5, 5.41) is 6.99. The highest BCUT2D eigenvalue weighted by Gasteiger charge is 2.21. The van der Waals surface area contributed by atoms with Crippen LogP contribution in [0.5, 0.6) is 0 Å². The highest BCUT2D eigenvalue weighted by atomic mass is 127. The zero-order valence-electron chi connectivity index (χ0n) is 9.49. The molecule has 1 aromatic rings. The molecule has 0 atom stereocenters. The van der Waals surface area contributed by atoms with Gasteiger partial charge in [0.1, 0.15) is 5.76 Å². The number of aromatic nitrogens is 1. The van der Waals surface area contributed by atoms with E-state index in [9.17, 15) is 0 Å². The summed E-state index contributed by atoms with van der Waals surface area (Å²) < 4.78 is 5.04. The van der Waals surface area contributed by atoms with Crippen LogP contribution in [0.2, 0.25) is 0 Å². The first-order valence-electron chi connectivity index (χ1n) is 5.15. The number of hydrogen-bond acceptors (Lipinski definition) is 3. The summed E-state index contributed by atoms with van der Waals surface area (Å²) in [5.41, 5.74) is 7.63. The predicted molar refractivity (Wildman–Crippen MR) is 72.9 cm³/mol. The second kappa shape index (κ2) is 5.51. The Kier molecular flexibility index (Phi) is 4.57.